The maximum absolute atomic E-state index is 10.1. The Morgan fingerprint density at radius 1 is 1.21 bits per heavy atom. The molecular weight excluding hydrogens is 238 g/mol. The molecule has 3 heteroatoms. The first-order valence-electron chi connectivity index (χ1n) is 7.25. The van der Waals surface area contributed by atoms with Crippen molar-refractivity contribution in [2.45, 2.75) is 39.2 Å². The van der Waals surface area contributed by atoms with Gasteiger partial charge in [-0.25, -0.2) is 0 Å². The van der Waals surface area contributed by atoms with E-state index in [-0.39, 0.29) is 0 Å². The van der Waals surface area contributed by atoms with Crippen LogP contribution < -0.4 is 4.74 Å². The molecule has 3 nitrogen and oxygen atoms in total. The van der Waals surface area contributed by atoms with Gasteiger partial charge in [0.2, 0.25) is 0 Å². The van der Waals surface area contributed by atoms with Crippen molar-refractivity contribution < 1.29 is 9.84 Å². The molecule has 0 amide bonds. The van der Waals surface area contributed by atoms with Crippen LogP contribution in [0.15, 0.2) is 18.2 Å². The van der Waals surface area contributed by atoms with Crippen LogP contribution in [0.1, 0.15) is 30.4 Å². The molecule has 0 aliphatic carbocycles. The van der Waals surface area contributed by atoms with Gasteiger partial charge < -0.3 is 14.7 Å². The molecule has 106 valence electrons. The minimum absolute atomic E-state index is 0.376. The molecule has 0 unspecified atom stereocenters. The number of piperidine rings is 1. The Kier molecular flexibility index (Phi) is 5.23. The summed E-state index contributed by atoms with van der Waals surface area (Å²) in [5.41, 5.74) is 2.31. The number of rotatable bonds is 5. The molecule has 1 saturated heterocycles. The molecule has 0 spiro atoms. The molecule has 0 radical (unpaired) electrons. The normalized spacial score (nSPS) is 18.3. The van der Waals surface area contributed by atoms with Gasteiger partial charge in [-0.1, -0.05) is 18.6 Å². The Bertz CT molecular complexity index is 400. The van der Waals surface area contributed by atoms with E-state index in [9.17, 15) is 5.11 Å². The second-order valence-electron chi connectivity index (χ2n) is 5.60. The van der Waals surface area contributed by atoms with Gasteiger partial charge in [-0.05, 0) is 57.0 Å². The number of aliphatic hydroxyl groups excluding tert-OH is 1. The Morgan fingerprint density at radius 3 is 2.68 bits per heavy atom. The summed E-state index contributed by atoms with van der Waals surface area (Å²) in [7, 11) is 0. The monoisotopic (exact) mass is 263 g/mol. The van der Waals surface area contributed by atoms with Crippen molar-refractivity contribution >= 4 is 0 Å². The van der Waals surface area contributed by atoms with Crippen LogP contribution in [0.3, 0.4) is 0 Å². The summed E-state index contributed by atoms with van der Waals surface area (Å²) in [4.78, 5) is 2.33. The van der Waals surface area contributed by atoms with Crippen LogP contribution in [0.5, 0.6) is 5.75 Å². The fraction of sp³-hybridized carbons (Fsp3) is 0.625. The van der Waals surface area contributed by atoms with Crippen LogP contribution in [-0.2, 0) is 0 Å². The van der Waals surface area contributed by atoms with Crippen molar-refractivity contribution in [1.82, 2.24) is 4.90 Å². The summed E-state index contributed by atoms with van der Waals surface area (Å²) in [5.74, 6) is 0.887. The fourth-order valence-corrected chi connectivity index (χ4v) is 2.54. The summed E-state index contributed by atoms with van der Waals surface area (Å²) >= 11 is 0. The second kappa shape index (κ2) is 6.92. The van der Waals surface area contributed by atoms with E-state index >= 15 is 0 Å². The Morgan fingerprint density at radius 2 is 1.95 bits per heavy atom. The average Bonchev–Trinajstić information content (AvgIpc) is 2.41. The van der Waals surface area contributed by atoms with Crippen molar-refractivity contribution in [3.05, 3.63) is 29.3 Å². The molecule has 1 aromatic rings. The minimum Gasteiger partial charge on any atom is -0.491 e. The van der Waals surface area contributed by atoms with Gasteiger partial charge in [0.1, 0.15) is 18.5 Å². The first-order chi connectivity index (χ1) is 9.15. The molecule has 1 aliphatic rings. The molecule has 2 rings (SSSR count). The van der Waals surface area contributed by atoms with Gasteiger partial charge in [0.05, 0.1) is 0 Å². The van der Waals surface area contributed by atoms with Crippen LogP contribution in [0.2, 0.25) is 0 Å². The lowest BCUT2D eigenvalue weighted by Gasteiger charge is -2.28. The fourth-order valence-electron chi connectivity index (χ4n) is 2.54. The summed E-state index contributed by atoms with van der Waals surface area (Å²) in [6.45, 7) is 7.41. The first kappa shape index (κ1) is 14.4. The summed E-state index contributed by atoms with van der Waals surface area (Å²) in [6.07, 6.45) is 3.43. The van der Waals surface area contributed by atoms with Crippen LogP contribution in [0.4, 0.5) is 0 Å². The van der Waals surface area contributed by atoms with E-state index in [2.05, 4.69) is 24.0 Å². The smallest absolute Gasteiger partial charge is 0.122 e. The number of aryl methyl sites for hydroxylation is 2. The summed E-state index contributed by atoms with van der Waals surface area (Å²) in [6, 6.07) is 6.16. The van der Waals surface area contributed by atoms with Gasteiger partial charge in [-0.3, -0.25) is 0 Å². The molecule has 19 heavy (non-hydrogen) atoms. The number of β-amino-alcohol motifs (C(OH)–C–C–N with tert-alkyl or cyclic N) is 1. The maximum atomic E-state index is 10.1. The Labute approximate surface area is 116 Å². The van der Waals surface area contributed by atoms with E-state index in [1.54, 1.807) is 0 Å². The van der Waals surface area contributed by atoms with Crippen LogP contribution in [0.25, 0.3) is 0 Å². The highest BCUT2D eigenvalue weighted by Crippen LogP contribution is 2.19. The van der Waals surface area contributed by atoms with Crippen molar-refractivity contribution in [1.29, 1.82) is 0 Å². The molecule has 1 heterocycles. The number of nitrogens with zero attached hydrogens (tertiary/aromatic N) is 1. The Balaban J connectivity index is 1.79. The SMILES string of the molecule is Cc1ccc(C)c(OC[C@H](O)CN2CCCCC2)c1. The topological polar surface area (TPSA) is 32.7 Å². The zero-order valence-corrected chi connectivity index (χ0v) is 12.1. The zero-order valence-electron chi connectivity index (χ0n) is 12.1. The minimum atomic E-state index is -0.405. The highest BCUT2D eigenvalue weighted by Gasteiger charge is 2.15. The van der Waals surface area contributed by atoms with Crippen molar-refractivity contribution in [3.8, 4) is 5.75 Å². The molecule has 1 fully saturated rings. The van der Waals surface area contributed by atoms with Gasteiger partial charge >= 0.3 is 0 Å². The lowest BCUT2D eigenvalue weighted by atomic mass is 10.1. The lowest BCUT2D eigenvalue weighted by molar-refractivity contribution is 0.0615. The largest absolute Gasteiger partial charge is 0.491 e. The van der Waals surface area contributed by atoms with Crippen LogP contribution >= 0.6 is 0 Å². The molecule has 0 saturated carbocycles. The number of hydrogen-bond acceptors (Lipinski definition) is 3. The summed E-state index contributed by atoms with van der Waals surface area (Å²) < 4.78 is 5.74. The van der Waals surface area contributed by atoms with Crippen LogP contribution in [-0.4, -0.2) is 42.4 Å². The number of hydrogen-bond donors (Lipinski definition) is 1. The Hall–Kier alpha value is -1.06. The highest BCUT2D eigenvalue weighted by atomic mass is 16.5. The third-order valence-electron chi connectivity index (χ3n) is 3.69. The molecule has 1 aliphatic heterocycles. The zero-order chi connectivity index (χ0) is 13.7. The van der Waals surface area contributed by atoms with Gasteiger partial charge in [0.25, 0.3) is 0 Å². The number of aliphatic hydroxyl groups is 1. The van der Waals surface area contributed by atoms with E-state index < -0.39 is 6.10 Å². The van der Waals surface area contributed by atoms with Crippen molar-refractivity contribution in [2.24, 2.45) is 0 Å². The van der Waals surface area contributed by atoms with Crippen LogP contribution in [0, 0.1) is 13.8 Å². The third kappa shape index (κ3) is 4.51. The standard InChI is InChI=1S/C16H25NO2/c1-13-6-7-14(2)16(10-13)19-12-15(18)11-17-8-4-3-5-9-17/h6-7,10,15,18H,3-5,8-9,11-12H2,1-2H3/t15-/m1/s1. The van der Waals surface area contributed by atoms with Gasteiger partial charge in [0.15, 0.2) is 0 Å². The van der Waals surface area contributed by atoms with Gasteiger partial charge in [-0.15, -0.1) is 0 Å². The molecule has 1 aromatic carbocycles. The number of likely N-dealkylation sites (tertiary alicyclic amines) is 1. The van der Waals surface area contributed by atoms with E-state index in [4.69, 9.17) is 4.74 Å². The lowest BCUT2D eigenvalue weighted by Crippen LogP contribution is -2.38. The molecule has 0 aromatic heterocycles. The molecular formula is C16H25NO2. The predicted octanol–water partition coefficient (Wildman–Crippen LogP) is 2.53. The maximum Gasteiger partial charge on any atom is 0.122 e. The number of benzene rings is 1. The first-order valence-corrected chi connectivity index (χ1v) is 7.25. The van der Waals surface area contributed by atoms with Gasteiger partial charge in [-0.2, -0.15) is 0 Å². The van der Waals surface area contributed by atoms with Gasteiger partial charge in [0, 0.05) is 6.54 Å². The highest BCUT2D eigenvalue weighted by molar-refractivity contribution is 5.35. The van der Waals surface area contributed by atoms with E-state index in [0.29, 0.717) is 6.61 Å². The summed E-state index contributed by atoms with van der Waals surface area (Å²) in [5, 5.41) is 10.1. The average molecular weight is 263 g/mol. The van der Waals surface area contributed by atoms with E-state index in [1.165, 1.54) is 24.8 Å². The third-order valence-corrected chi connectivity index (χ3v) is 3.69. The van der Waals surface area contributed by atoms with E-state index in [0.717, 1.165) is 30.9 Å². The van der Waals surface area contributed by atoms with Crippen molar-refractivity contribution in [3.63, 3.8) is 0 Å². The molecule has 1 N–H and O–H groups in total. The van der Waals surface area contributed by atoms with Crippen molar-refractivity contribution in [2.75, 3.05) is 26.2 Å². The second-order valence-corrected chi connectivity index (χ2v) is 5.60. The number of ether oxygens (including phenoxy) is 1. The predicted molar refractivity (Wildman–Crippen MR) is 77.7 cm³/mol. The molecule has 0 bridgehead atoms. The quantitative estimate of drug-likeness (QED) is 0.886. The van der Waals surface area contributed by atoms with E-state index in [1.807, 2.05) is 13.0 Å². The molecule has 1 atom stereocenters.